The molecule has 1 aromatic heterocycles. The lowest BCUT2D eigenvalue weighted by molar-refractivity contribution is -0.382. The third kappa shape index (κ3) is 2.40. The second-order valence-corrected chi connectivity index (χ2v) is 4.66. The van der Waals surface area contributed by atoms with E-state index < -0.39 is 4.92 Å². The molecule has 0 radical (unpaired) electrons. The second-order valence-electron chi connectivity index (χ2n) is 4.66. The summed E-state index contributed by atoms with van der Waals surface area (Å²) in [6.45, 7) is 0.554. The molecule has 0 aliphatic rings. The summed E-state index contributed by atoms with van der Waals surface area (Å²) in [7, 11) is 1.80. The monoisotopic (exact) mass is 284 g/mol. The van der Waals surface area contributed by atoms with Gasteiger partial charge in [0.2, 0.25) is 5.52 Å². The summed E-state index contributed by atoms with van der Waals surface area (Å²) in [5.41, 5.74) is 1.99. The third-order valence-corrected chi connectivity index (χ3v) is 3.24. The fraction of sp³-hybridized carbons (Fsp3) is 0.143. The van der Waals surface area contributed by atoms with Crippen LogP contribution in [0, 0.1) is 10.1 Å². The molecule has 3 aromatic rings. The maximum atomic E-state index is 11.4. The SMILES string of the molecule is CN(Cc1ccccc1)c1ccc2nonc2c1[N+](=O)[O-]. The van der Waals surface area contributed by atoms with Crippen molar-refractivity contribution in [1.82, 2.24) is 10.3 Å². The van der Waals surface area contributed by atoms with Crippen LogP contribution >= 0.6 is 0 Å². The first-order valence-electron chi connectivity index (χ1n) is 6.31. The Morgan fingerprint density at radius 2 is 1.95 bits per heavy atom. The van der Waals surface area contributed by atoms with Crippen LogP contribution in [0.25, 0.3) is 11.0 Å². The molecule has 0 N–H and O–H groups in total. The second kappa shape index (κ2) is 5.20. The minimum Gasteiger partial charge on any atom is -0.365 e. The zero-order valence-electron chi connectivity index (χ0n) is 11.3. The molecule has 106 valence electrons. The molecule has 21 heavy (non-hydrogen) atoms. The maximum Gasteiger partial charge on any atom is 0.323 e. The largest absolute Gasteiger partial charge is 0.365 e. The van der Waals surface area contributed by atoms with Gasteiger partial charge in [-0.2, -0.15) is 0 Å². The van der Waals surface area contributed by atoms with Crippen molar-refractivity contribution in [2.75, 3.05) is 11.9 Å². The Kier molecular flexibility index (Phi) is 3.23. The quantitative estimate of drug-likeness (QED) is 0.541. The molecule has 0 aliphatic heterocycles. The van der Waals surface area contributed by atoms with E-state index in [-0.39, 0.29) is 11.2 Å². The molecular formula is C14H12N4O3. The predicted molar refractivity (Wildman–Crippen MR) is 77.0 cm³/mol. The summed E-state index contributed by atoms with van der Waals surface area (Å²) in [4.78, 5) is 12.7. The van der Waals surface area contributed by atoms with Gasteiger partial charge in [-0.25, -0.2) is 4.63 Å². The fourth-order valence-corrected chi connectivity index (χ4v) is 2.26. The van der Waals surface area contributed by atoms with E-state index in [0.29, 0.717) is 17.7 Å². The highest BCUT2D eigenvalue weighted by atomic mass is 16.6. The molecule has 3 rings (SSSR count). The number of hydrogen-bond acceptors (Lipinski definition) is 6. The lowest BCUT2D eigenvalue weighted by Gasteiger charge is -2.19. The number of benzene rings is 2. The lowest BCUT2D eigenvalue weighted by Crippen LogP contribution is -2.17. The summed E-state index contributed by atoms with van der Waals surface area (Å²) in [6.07, 6.45) is 0. The highest BCUT2D eigenvalue weighted by molar-refractivity contribution is 5.90. The van der Waals surface area contributed by atoms with Crippen LogP contribution in [0.1, 0.15) is 5.56 Å². The Morgan fingerprint density at radius 1 is 1.19 bits per heavy atom. The van der Waals surface area contributed by atoms with Crippen LogP contribution in [-0.2, 0) is 6.54 Å². The van der Waals surface area contributed by atoms with Crippen molar-refractivity contribution in [3.05, 3.63) is 58.1 Å². The van der Waals surface area contributed by atoms with Crippen LogP contribution < -0.4 is 4.90 Å². The third-order valence-electron chi connectivity index (χ3n) is 3.24. The van der Waals surface area contributed by atoms with Gasteiger partial charge in [0.1, 0.15) is 11.2 Å². The van der Waals surface area contributed by atoms with E-state index >= 15 is 0 Å². The first kappa shape index (κ1) is 13.0. The van der Waals surface area contributed by atoms with Crippen molar-refractivity contribution in [3.8, 4) is 0 Å². The molecule has 0 fully saturated rings. The van der Waals surface area contributed by atoms with Gasteiger partial charge >= 0.3 is 5.69 Å². The zero-order valence-corrected chi connectivity index (χ0v) is 11.3. The zero-order chi connectivity index (χ0) is 14.8. The average molecular weight is 284 g/mol. The van der Waals surface area contributed by atoms with Gasteiger partial charge in [0.25, 0.3) is 0 Å². The first-order chi connectivity index (χ1) is 10.2. The van der Waals surface area contributed by atoms with E-state index in [2.05, 4.69) is 14.9 Å². The van der Waals surface area contributed by atoms with E-state index in [4.69, 9.17) is 0 Å². The van der Waals surface area contributed by atoms with Crippen LogP contribution in [-0.4, -0.2) is 22.3 Å². The van der Waals surface area contributed by atoms with Gasteiger partial charge in [-0.1, -0.05) is 30.3 Å². The minimum absolute atomic E-state index is 0.0906. The lowest BCUT2D eigenvalue weighted by atomic mass is 10.1. The van der Waals surface area contributed by atoms with Crippen molar-refractivity contribution >= 4 is 22.4 Å². The minimum atomic E-state index is -0.455. The van der Waals surface area contributed by atoms with Gasteiger partial charge in [0.05, 0.1) is 4.92 Å². The van der Waals surface area contributed by atoms with Crippen molar-refractivity contribution in [2.24, 2.45) is 0 Å². The maximum absolute atomic E-state index is 11.4. The molecule has 0 unspecified atom stereocenters. The fourth-order valence-electron chi connectivity index (χ4n) is 2.26. The molecule has 2 aromatic carbocycles. The van der Waals surface area contributed by atoms with Gasteiger partial charge < -0.3 is 4.90 Å². The number of rotatable bonds is 4. The molecule has 0 atom stereocenters. The number of nitro benzene ring substituents is 1. The normalized spacial score (nSPS) is 10.7. The average Bonchev–Trinajstić information content (AvgIpc) is 2.95. The summed E-state index contributed by atoms with van der Waals surface area (Å²) in [6, 6.07) is 13.1. The van der Waals surface area contributed by atoms with Crippen LogP contribution in [0.5, 0.6) is 0 Å². The number of fused-ring (bicyclic) bond motifs is 1. The molecule has 0 aliphatic carbocycles. The first-order valence-corrected chi connectivity index (χ1v) is 6.31. The van der Waals surface area contributed by atoms with E-state index in [1.807, 2.05) is 35.2 Å². The molecular weight excluding hydrogens is 272 g/mol. The highest BCUT2D eigenvalue weighted by Gasteiger charge is 2.24. The molecule has 7 nitrogen and oxygen atoms in total. The van der Waals surface area contributed by atoms with Crippen LogP contribution in [0.4, 0.5) is 11.4 Å². The predicted octanol–water partition coefficient (Wildman–Crippen LogP) is 2.77. The number of anilines is 1. The van der Waals surface area contributed by atoms with Gasteiger partial charge in [0, 0.05) is 13.6 Å². The number of aromatic nitrogens is 2. The topological polar surface area (TPSA) is 85.3 Å². The summed E-state index contributed by atoms with van der Waals surface area (Å²) in [5, 5.41) is 18.6. The Balaban J connectivity index is 2.03. The standard InChI is InChI=1S/C14H12N4O3/c1-17(9-10-5-3-2-4-6-10)12-8-7-11-13(16-21-15-11)14(12)18(19)20/h2-8H,9H2,1H3. The van der Waals surface area contributed by atoms with Crippen molar-refractivity contribution < 1.29 is 9.55 Å². The van der Waals surface area contributed by atoms with Crippen LogP contribution in [0.15, 0.2) is 47.1 Å². The number of nitro groups is 1. The Labute approximate surface area is 119 Å². The molecule has 0 spiro atoms. The molecule has 7 heteroatoms. The molecule has 0 saturated carbocycles. The van der Waals surface area contributed by atoms with E-state index in [0.717, 1.165) is 5.56 Å². The van der Waals surface area contributed by atoms with E-state index in [1.165, 1.54) is 0 Å². The van der Waals surface area contributed by atoms with Crippen molar-refractivity contribution in [2.45, 2.75) is 6.54 Å². The van der Waals surface area contributed by atoms with Crippen molar-refractivity contribution in [3.63, 3.8) is 0 Å². The van der Waals surface area contributed by atoms with Gasteiger partial charge in [0.15, 0.2) is 0 Å². The van der Waals surface area contributed by atoms with E-state index in [1.54, 1.807) is 19.2 Å². The van der Waals surface area contributed by atoms with Crippen LogP contribution in [0.3, 0.4) is 0 Å². The molecule has 0 saturated heterocycles. The summed E-state index contributed by atoms with van der Waals surface area (Å²) in [5.74, 6) is 0. The highest BCUT2D eigenvalue weighted by Crippen LogP contribution is 2.34. The van der Waals surface area contributed by atoms with Gasteiger partial charge in [-0.05, 0) is 28.0 Å². The van der Waals surface area contributed by atoms with Gasteiger partial charge in [-0.15, -0.1) is 0 Å². The Morgan fingerprint density at radius 3 is 2.67 bits per heavy atom. The van der Waals surface area contributed by atoms with Crippen LogP contribution in [0.2, 0.25) is 0 Å². The van der Waals surface area contributed by atoms with Gasteiger partial charge in [-0.3, -0.25) is 10.1 Å². The van der Waals surface area contributed by atoms with Crippen molar-refractivity contribution in [1.29, 1.82) is 0 Å². The molecule has 1 heterocycles. The summed E-state index contributed by atoms with van der Waals surface area (Å²) < 4.78 is 4.59. The smallest absolute Gasteiger partial charge is 0.323 e. The molecule has 0 amide bonds. The Hall–Kier alpha value is -2.96. The number of hydrogen-bond donors (Lipinski definition) is 0. The summed E-state index contributed by atoms with van der Waals surface area (Å²) >= 11 is 0. The molecule has 0 bridgehead atoms. The Bertz CT molecular complexity index is 785. The number of nitrogens with zero attached hydrogens (tertiary/aromatic N) is 4. The van der Waals surface area contributed by atoms with E-state index in [9.17, 15) is 10.1 Å².